The average molecular weight is 424 g/mol. The summed E-state index contributed by atoms with van der Waals surface area (Å²) < 4.78 is 29.6. The fourth-order valence-corrected chi connectivity index (χ4v) is 5.96. The third-order valence-electron chi connectivity index (χ3n) is 6.11. The van der Waals surface area contributed by atoms with Gasteiger partial charge in [-0.2, -0.15) is 8.42 Å². The molecule has 0 bridgehead atoms. The van der Waals surface area contributed by atoms with E-state index < -0.39 is 10.0 Å². The Balaban J connectivity index is 1.69. The Labute approximate surface area is 171 Å². The summed E-state index contributed by atoms with van der Waals surface area (Å²) in [5.74, 6) is 0.670. The van der Waals surface area contributed by atoms with E-state index in [1.165, 1.54) is 12.5 Å². The van der Waals surface area contributed by atoms with Crippen molar-refractivity contribution in [2.45, 2.75) is 69.2 Å². The molecule has 28 heavy (non-hydrogen) atoms. The van der Waals surface area contributed by atoms with Gasteiger partial charge in [-0.15, -0.1) is 4.40 Å². The molecule has 2 aliphatic heterocycles. The number of sulfonamides is 1. The number of benzene rings is 1. The Kier molecular flexibility index (Phi) is 5.40. The van der Waals surface area contributed by atoms with E-state index in [0.717, 1.165) is 38.5 Å². The summed E-state index contributed by atoms with van der Waals surface area (Å²) in [7, 11) is -3.84. The van der Waals surface area contributed by atoms with Crippen molar-refractivity contribution >= 4 is 39.1 Å². The fourth-order valence-electron chi connectivity index (χ4n) is 4.45. The third-order valence-corrected chi connectivity index (χ3v) is 7.76. The van der Waals surface area contributed by atoms with Crippen molar-refractivity contribution in [1.82, 2.24) is 5.32 Å². The molecule has 1 saturated carbocycles. The van der Waals surface area contributed by atoms with E-state index in [9.17, 15) is 13.2 Å². The lowest BCUT2D eigenvalue weighted by molar-refractivity contribution is 0.0910. The van der Waals surface area contributed by atoms with Crippen LogP contribution in [-0.2, 0) is 10.0 Å². The Morgan fingerprint density at radius 2 is 1.96 bits per heavy atom. The number of nitrogens with zero attached hydrogens (tertiary/aromatic N) is 2. The third kappa shape index (κ3) is 3.66. The lowest BCUT2D eigenvalue weighted by Crippen LogP contribution is -2.41. The minimum absolute atomic E-state index is 0.0735. The second-order valence-electron chi connectivity index (χ2n) is 8.09. The number of carbonyl (C=O) groups is 1. The van der Waals surface area contributed by atoms with Gasteiger partial charge in [0, 0.05) is 19.0 Å². The van der Waals surface area contributed by atoms with Crippen molar-refractivity contribution in [3.05, 3.63) is 22.7 Å². The van der Waals surface area contributed by atoms with E-state index in [4.69, 9.17) is 11.6 Å². The topological polar surface area (TPSA) is 78.8 Å². The van der Waals surface area contributed by atoms with Crippen LogP contribution in [0.5, 0.6) is 0 Å². The van der Waals surface area contributed by atoms with Gasteiger partial charge in [-0.25, -0.2) is 0 Å². The van der Waals surface area contributed by atoms with Crippen molar-refractivity contribution in [1.29, 1.82) is 0 Å². The first-order valence-electron chi connectivity index (χ1n) is 10.1. The molecule has 0 spiro atoms. The number of carbonyl (C=O) groups excluding carboxylic acids is 1. The summed E-state index contributed by atoms with van der Waals surface area (Å²) in [6, 6.07) is 3.12. The highest BCUT2D eigenvalue weighted by Gasteiger charge is 2.34. The molecule has 1 aliphatic carbocycles. The highest BCUT2D eigenvalue weighted by molar-refractivity contribution is 7.90. The number of amides is 1. The molecule has 1 aromatic carbocycles. The Bertz CT molecular complexity index is 929. The Morgan fingerprint density at radius 1 is 1.18 bits per heavy atom. The van der Waals surface area contributed by atoms with Gasteiger partial charge in [0.25, 0.3) is 15.9 Å². The van der Waals surface area contributed by atoms with E-state index in [1.54, 1.807) is 6.07 Å². The number of nitrogens with one attached hydrogen (secondary N) is 1. The molecule has 2 fully saturated rings. The van der Waals surface area contributed by atoms with Crippen LogP contribution < -0.4 is 10.2 Å². The summed E-state index contributed by atoms with van der Waals surface area (Å²) in [5, 5.41) is 3.34. The van der Waals surface area contributed by atoms with E-state index in [2.05, 4.69) is 16.6 Å². The molecule has 8 heteroatoms. The van der Waals surface area contributed by atoms with E-state index in [0.29, 0.717) is 30.4 Å². The Hall–Kier alpha value is -1.60. The zero-order chi connectivity index (χ0) is 19.9. The maximum absolute atomic E-state index is 12.9. The molecule has 6 nitrogen and oxygen atoms in total. The number of fused-ring (bicyclic) bond motifs is 3. The van der Waals surface area contributed by atoms with Gasteiger partial charge in [-0.3, -0.25) is 4.79 Å². The summed E-state index contributed by atoms with van der Waals surface area (Å²) >= 11 is 6.45. The van der Waals surface area contributed by atoms with Crippen LogP contribution in [0.1, 0.15) is 68.6 Å². The smallest absolute Gasteiger partial charge is 0.286 e. The second-order valence-corrected chi connectivity index (χ2v) is 10.1. The first-order chi connectivity index (χ1) is 13.4. The number of halogens is 1. The number of hydrogen-bond acceptors (Lipinski definition) is 4. The minimum atomic E-state index is -3.84. The lowest BCUT2D eigenvalue weighted by Gasteiger charge is -2.31. The largest absolute Gasteiger partial charge is 0.349 e. The van der Waals surface area contributed by atoms with Gasteiger partial charge in [-0.05, 0) is 43.7 Å². The molecular weight excluding hydrogens is 398 g/mol. The highest BCUT2D eigenvalue weighted by Crippen LogP contribution is 2.38. The van der Waals surface area contributed by atoms with Gasteiger partial charge in [0.2, 0.25) is 0 Å². The van der Waals surface area contributed by atoms with Gasteiger partial charge in [-0.1, -0.05) is 37.8 Å². The van der Waals surface area contributed by atoms with Crippen LogP contribution in [0.3, 0.4) is 0 Å². The van der Waals surface area contributed by atoms with Crippen LogP contribution >= 0.6 is 11.6 Å². The number of hydrogen-bond donors (Lipinski definition) is 1. The molecule has 152 valence electrons. The first-order valence-corrected chi connectivity index (χ1v) is 11.9. The minimum Gasteiger partial charge on any atom is -0.349 e. The summed E-state index contributed by atoms with van der Waals surface area (Å²) in [6.07, 6.45) is 7.87. The van der Waals surface area contributed by atoms with E-state index >= 15 is 0 Å². The summed E-state index contributed by atoms with van der Waals surface area (Å²) in [4.78, 5) is 14.9. The fraction of sp³-hybridized carbons (Fsp3) is 0.600. The maximum Gasteiger partial charge on any atom is 0.286 e. The van der Waals surface area contributed by atoms with Crippen molar-refractivity contribution in [2.24, 2.45) is 10.3 Å². The molecule has 1 aromatic rings. The number of amidine groups is 1. The maximum atomic E-state index is 12.9. The quantitative estimate of drug-likeness (QED) is 0.775. The van der Waals surface area contributed by atoms with Crippen LogP contribution in [0.25, 0.3) is 0 Å². The molecule has 0 radical (unpaired) electrons. The van der Waals surface area contributed by atoms with Crippen molar-refractivity contribution in [2.75, 3.05) is 11.4 Å². The van der Waals surface area contributed by atoms with Crippen LogP contribution in [0, 0.1) is 5.92 Å². The monoisotopic (exact) mass is 423 g/mol. The van der Waals surface area contributed by atoms with Gasteiger partial charge in [0.05, 0.1) is 16.3 Å². The van der Waals surface area contributed by atoms with Gasteiger partial charge < -0.3 is 10.2 Å². The number of rotatable bonds is 2. The van der Waals surface area contributed by atoms with Crippen LogP contribution in [0.15, 0.2) is 21.4 Å². The van der Waals surface area contributed by atoms with E-state index in [-0.39, 0.29) is 27.4 Å². The van der Waals surface area contributed by atoms with Crippen LogP contribution in [-0.4, -0.2) is 32.7 Å². The highest BCUT2D eigenvalue weighted by atomic mass is 35.5. The van der Waals surface area contributed by atoms with Gasteiger partial charge >= 0.3 is 0 Å². The summed E-state index contributed by atoms with van der Waals surface area (Å²) in [5.41, 5.74) is 0.745. The van der Waals surface area contributed by atoms with Gasteiger partial charge in [0.1, 0.15) is 10.7 Å². The standard InChI is InChI=1S/C20H26ClN3O3S/c1-13-7-4-5-8-16(13)22-20(25)14-11-18-17(12-15(14)21)24-10-6-2-3-9-19(24)23-28(18,26)27/h11-13,16H,2-10H2,1H3,(H,22,25)/t13-,16+/m0/s1. The molecule has 1 amide bonds. The molecule has 4 rings (SSSR count). The molecule has 2 atom stereocenters. The zero-order valence-electron chi connectivity index (χ0n) is 16.1. The molecule has 1 N–H and O–H groups in total. The predicted octanol–water partition coefficient (Wildman–Crippen LogP) is 4.13. The normalized spacial score (nSPS) is 26.5. The van der Waals surface area contributed by atoms with Crippen molar-refractivity contribution in [3.8, 4) is 0 Å². The molecule has 2 heterocycles. The van der Waals surface area contributed by atoms with Crippen molar-refractivity contribution in [3.63, 3.8) is 0 Å². The molecular formula is C20H26ClN3O3S. The van der Waals surface area contributed by atoms with Gasteiger partial charge in [0.15, 0.2) is 0 Å². The SMILES string of the molecule is C[C@H]1CCCC[C@H]1NC(=O)c1cc2c(cc1Cl)N1CCCCCC1=NS2(=O)=O. The molecule has 0 unspecified atom stereocenters. The molecule has 0 aromatic heterocycles. The molecule has 1 saturated heterocycles. The average Bonchev–Trinajstić information content (AvgIpc) is 2.88. The second kappa shape index (κ2) is 7.67. The molecule has 3 aliphatic rings. The Morgan fingerprint density at radius 3 is 2.75 bits per heavy atom. The predicted molar refractivity (Wildman–Crippen MR) is 111 cm³/mol. The zero-order valence-corrected chi connectivity index (χ0v) is 17.7. The van der Waals surface area contributed by atoms with Crippen LogP contribution in [0.4, 0.5) is 5.69 Å². The van der Waals surface area contributed by atoms with Crippen molar-refractivity contribution < 1.29 is 13.2 Å². The van der Waals surface area contributed by atoms with Crippen LogP contribution in [0.2, 0.25) is 5.02 Å². The number of anilines is 1. The summed E-state index contributed by atoms with van der Waals surface area (Å²) in [6.45, 7) is 2.85. The van der Waals surface area contributed by atoms with E-state index in [1.807, 2.05) is 4.90 Å². The lowest BCUT2D eigenvalue weighted by atomic mass is 9.86. The first kappa shape index (κ1) is 19.7.